The number of benzene rings is 1. The van der Waals surface area contributed by atoms with Gasteiger partial charge in [-0.1, -0.05) is 23.4 Å². The van der Waals surface area contributed by atoms with Crippen LogP contribution in [0.15, 0.2) is 35.6 Å². The zero-order valence-electron chi connectivity index (χ0n) is 15.7. The van der Waals surface area contributed by atoms with Crippen molar-refractivity contribution in [3.63, 3.8) is 0 Å². The van der Waals surface area contributed by atoms with Crippen molar-refractivity contribution in [3.8, 4) is 0 Å². The van der Waals surface area contributed by atoms with Gasteiger partial charge in [0.05, 0.1) is 16.3 Å². The summed E-state index contributed by atoms with van der Waals surface area (Å²) in [6, 6.07) is 5.51. The average molecular weight is 445 g/mol. The summed E-state index contributed by atoms with van der Waals surface area (Å²) in [4.78, 5) is 22.9. The highest BCUT2D eigenvalue weighted by molar-refractivity contribution is 7.99. The Bertz CT molecular complexity index is 881. The van der Waals surface area contributed by atoms with E-state index >= 15 is 0 Å². The predicted octanol–water partition coefficient (Wildman–Crippen LogP) is 5.26. The molecular formula is C19H20ClF3N4OS. The van der Waals surface area contributed by atoms with E-state index in [-0.39, 0.29) is 11.4 Å². The van der Waals surface area contributed by atoms with Crippen LogP contribution in [0.1, 0.15) is 31.7 Å². The lowest BCUT2D eigenvalue weighted by Crippen LogP contribution is -2.38. The van der Waals surface area contributed by atoms with E-state index < -0.39 is 22.7 Å². The van der Waals surface area contributed by atoms with Crippen LogP contribution >= 0.6 is 23.4 Å². The lowest BCUT2D eigenvalue weighted by atomic mass is 10.0. The minimum absolute atomic E-state index is 0.00991. The van der Waals surface area contributed by atoms with Gasteiger partial charge >= 0.3 is 6.18 Å². The zero-order valence-corrected chi connectivity index (χ0v) is 17.2. The maximum Gasteiger partial charge on any atom is 0.417 e. The monoisotopic (exact) mass is 444 g/mol. The molecule has 1 N–H and O–H groups in total. The third kappa shape index (κ3) is 5.76. The number of carbonyl (C=O) groups excluding carboxylic acids is 1. The van der Waals surface area contributed by atoms with E-state index in [0.29, 0.717) is 11.1 Å². The van der Waals surface area contributed by atoms with Crippen molar-refractivity contribution in [2.24, 2.45) is 0 Å². The summed E-state index contributed by atoms with van der Waals surface area (Å²) >= 11 is 6.79. The summed E-state index contributed by atoms with van der Waals surface area (Å²) in [5.74, 6) is 0.398. The molecule has 0 bridgehead atoms. The van der Waals surface area contributed by atoms with Gasteiger partial charge in [0.25, 0.3) is 0 Å². The number of hydrogen-bond acceptors (Lipinski definition) is 5. The van der Waals surface area contributed by atoms with Gasteiger partial charge in [0, 0.05) is 24.3 Å². The van der Waals surface area contributed by atoms with Crippen molar-refractivity contribution in [1.82, 2.24) is 9.97 Å². The van der Waals surface area contributed by atoms with Crippen molar-refractivity contribution < 1.29 is 18.0 Å². The second-order valence-electron chi connectivity index (χ2n) is 6.78. The first kappa shape index (κ1) is 21.7. The standard InChI is InChI=1S/C19H20ClF3N4OS/c1-12-4-2-3-7-27(12)16-9-18(25-11-24-16)29-10-17(28)26-13-5-6-15(20)14(8-13)19(21,22)23/h5-6,8-9,11-12H,2-4,7,10H2,1H3,(H,26,28)/t12-/m1/s1. The molecule has 10 heteroatoms. The molecule has 0 spiro atoms. The number of amides is 1. The number of hydrogen-bond donors (Lipinski definition) is 1. The molecule has 5 nitrogen and oxygen atoms in total. The summed E-state index contributed by atoms with van der Waals surface area (Å²) in [6.07, 6.45) is 0.294. The Hall–Kier alpha value is -2.00. The lowest BCUT2D eigenvalue weighted by molar-refractivity contribution is -0.137. The van der Waals surface area contributed by atoms with Gasteiger partial charge in [0.15, 0.2) is 0 Å². The minimum atomic E-state index is -4.59. The van der Waals surface area contributed by atoms with Crippen LogP contribution in [0.2, 0.25) is 5.02 Å². The van der Waals surface area contributed by atoms with Crippen LogP contribution in [-0.4, -0.2) is 34.2 Å². The van der Waals surface area contributed by atoms with Crippen LogP contribution in [0.4, 0.5) is 24.7 Å². The molecule has 1 amide bonds. The fourth-order valence-electron chi connectivity index (χ4n) is 3.16. The fraction of sp³-hybridized carbons (Fsp3) is 0.421. The van der Waals surface area contributed by atoms with Crippen LogP contribution in [0.3, 0.4) is 0 Å². The number of alkyl halides is 3. The largest absolute Gasteiger partial charge is 0.417 e. The molecule has 1 aliphatic heterocycles. The number of nitrogens with zero attached hydrogens (tertiary/aromatic N) is 3. The molecule has 0 aliphatic carbocycles. The maximum atomic E-state index is 12.9. The van der Waals surface area contributed by atoms with E-state index in [1.54, 1.807) is 0 Å². The first-order valence-corrected chi connectivity index (χ1v) is 10.5. The van der Waals surface area contributed by atoms with Crippen molar-refractivity contribution >= 4 is 40.8 Å². The first-order chi connectivity index (χ1) is 13.7. The molecule has 2 heterocycles. The number of anilines is 2. The highest BCUT2D eigenvalue weighted by Gasteiger charge is 2.33. The number of aromatic nitrogens is 2. The number of carbonyl (C=O) groups is 1. The number of nitrogens with one attached hydrogen (secondary N) is 1. The second kappa shape index (κ2) is 9.21. The highest BCUT2D eigenvalue weighted by Crippen LogP contribution is 2.36. The van der Waals surface area contributed by atoms with Crippen molar-refractivity contribution in [2.75, 3.05) is 22.5 Å². The molecule has 1 aromatic carbocycles. The van der Waals surface area contributed by atoms with E-state index in [9.17, 15) is 18.0 Å². The number of rotatable bonds is 5. The molecule has 0 radical (unpaired) electrons. The Morgan fingerprint density at radius 2 is 2.10 bits per heavy atom. The molecule has 0 unspecified atom stereocenters. The van der Waals surface area contributed by atoms with Crippen LogP contribution in [0.25, 0.3) is 0 Å². The quantitative estimate of drug-likeness (QED) is 0.503. The van der Waals surface area contributed by atoms with Crippen molar-refractivity contribution in [3.05, 3.63) is 41.2 Å². The lowest BCUT2D eigenvalue weighted by Gasteiger charge is -2.34. The smallest absolute Gasteiger partial charge is 0.354 e. The van der Waals surface area contributed by atoms with Gasteiger partial charge < -0.3 is 10.2 Å². The van der Waals surface area contributed by atoms with E-state index in [4.69, 9.17) is 11.6 Å². The van der Waals surface area contributed by atoms with E-state index in [2.05, 4.69) is 27.1 Å². The Balaban J connectivity index is 1.61. The van der Waals surface area contributed by atoms with Gasteiger partial charge in [-0.3, -0.25) is 4.79 Å². The molecule has 0 saturated carbocycles. The molecule has 156 valence electrons. The number of halogens is 4. The van der Waals surface area contributed by atoms with Gasteiger partial charge in [0.2, 0.25) is 5.91 Å². The summed E-state index contributed by atoms with van der Waals surface area (Å²) in [6.45, 7) is 3.09. The molecule has 1 saturated heterocycles. The molecule has 3 rings (SSSR count). The summed E-state index contributed by atoms with van der Waals surface area (Å²) in [5.41, 5.74) is -0.946. The maximum absolute atomic E-state index is 12.9. The average Bonchev–Trinajstić information content (AvgIpc) is 2.67. The first-order valence-electron chi connectivity index (χ1n) is 9.12. The molecule has 1 aliphatic rings. The van der Waals surface area contributed by atoms with Gasteiger partial charge in [0.1, 0.15) is 17.2 Å². The molecule has 1 atom stereocenters. The van der Waals surface area contributed by atoms with Crippen LogP contribution in [0, 0.1) is 0 Å². The SMILES string of the molecule is C[C@@H]1CCCCN1c1cc(SCC(=O)Nc2ccc(Cl)c(C(F)(F)F)c2)ncn1. The van der Waals surface area contributed by atoms with Crippen LogP contribution in [-0.2, 0) is 11.0 Å². The molecule has 1 fully saturated rings. The Labute approximate surface area is 176 Å². The summed E-state index contributed by atoms with van der Waals surface area (Å²) in [7, 11) is 0. The summed E-state index contributed by atoms with van der Waals surface area (Å²) in [5, 5.41) is 2.69. The van der Waals surface area contributed by atoms with Gasteiger partial charge in [-0.2, -0.15) is 13.2 Å². The minimum Gasteiger partial charge on any atom is -0.354 e. The second-order valence-corrected chi connectivity index (χ2v) is 8.18. The van der Waals surface area contributed by atoms with Crippen LogP contribution < -0.4 is 10.2 Å². The number of thioether (sulfide) groups is 1. The molecule has 1 aromatic heterocycles. The Morgan fingerprint density at radius 3 is 2.83 bits per heavy atom. The fourth-order valence-corrected chi connectivity index (χ4v) is 4.05. The molecule has 2 aromatic rings. The van der Waals surface area contributed by atoms with Gasteiger partial charge in [-0.05, 0) is 44.4 Å². The predicted molar refractivity (Wildman–Crippen MR) is 108 cm³/mol. The van der Waals surface area contributed by atoms with Crippen molar-refractivity contribution in [2.45, 2.75) is 43.4 Å². The van der Waals surface area contributed by atoms with E-state index in [1.807, 2.05) is 6.07 Å². The topological polar surface area (TPSA) is 58.1 Å². The highest BCUT2D eigenvalue weighted by atomic mass is 35.5. The Morgan fingerprint density at radius 1 is 1.31 bits per heavy atom. The normalized spacial score (nSPS) is 17.3. The Kier molecular flexibility index (Phi) is 6.89. The van der Waals surface area contributed by atoms with Gasteiger partial charge in [-0.15, -0.1) is 0 Å². The van der Waals surface area contributed by atoms with Gasteiger partial charge in [-0.25, -0.2) is 9.97 Å². The molecular weight excluding hydrogens is 425 g/mol. The number of piperidine rings is 1. The van der Waals surface area contributed by atoms with Crippen LogP contribution in [0.5, 0.6) is 0 Å². The molecule has 29 heavy (non-hydrogen) atoms. The zero-order chi connectivity index (χ0) is 21.0. The third-order valence-electron chi connectivity index (χ3n) is 4.63. The van der Waals surface area contributed by atoms with Crippen molar-refractivity contribution in [1.29, 1.82) is 0 Å². The van der Waals surface area contributed by atoms with E-state index in [1.165, 1.54) is 30.6 Å². The third-order valence-corrected chi connectivity index (χ3v) is 5.89. The summed E-state index contributed by atoms with van der Waals surface area (Å²) < 4.78 is 38.8. The van der Waals surface area contributed by atoms with E-state index in [0.717, 1.165) is 37.3 Å².